The number of rotatable bonds is 7. The molecule has 0 saturated heterocycles. The zero-order valence-electron chi connectivity index (χ0n) is 15.9. The second-order valence-electron chi connectivity index (χ2n) is 6.95. The number of benzene rings is 2. The molecule has 0 fully saturated rings. The number of halogens is 5. The van der Waals surface area contributed by atoms with Crippen LogP contribution >= 0.6 is 0 Å². The van der Waals surface area contributed by atoms with Crippen LogP contribution in [-0.4, -0.2) is 19.9 Å². The van der Waals surface area contributed by atoms with Crippen molar-refractivity contribution in [2.24, 2.45) is 5.92 Å². The summed E-state index contributed by atoms with van der Waals surface area (Å²) in [5.41, 5.74) is -2.13. The molecule has 2 aromatic carbocycles. The van der Waals surface area contributed by atoms with Gasteiger partial charge in [0.15, 0.2) is 17.5 Å². The van der Waals surface area contributed by atoms with Gasteiger partial charge in [-0.2, -0.15) is 5.10 Å². The number of hydrogen-bond donors (Lipinski definition) is 1. The zero-order valence-corrected chi connectivity index (χ0v) is 15.9. The molecule has 0 amide bonds. The van der Waals surface area contributed by atoms with Gasteiger partial charge >= 0.3 is 0 Å². The molecule has 9 heteroatoms. The highest BCUT2D eigenvalue weighted by molar-refractivity contribution is 5.50. The second-order valence-corrected chi connectivity index (χ2v) is 6.95. The smallest absolute Gasteiger partial charge is 0.195 e. The van der Waals surface area contributed by atoms with Gasteiger partial charge in [-0.1, -0.05) is 25.1 Å². The van der Waals surface area contributed by atoms with Crippen LogP contribution in [0.25, 0.3) is 6.08 Å². The Labute approximate surface area is 169 Å². The first-order valence-electron chi connectivity index (χ1n) is 9.02. The van der Waals surface area contributed by atoms with Crippen molar-refractivity contribution >= 4 is 6.08 Å². The van der Waals surface area contributed by atoms with Crippen LogP contribution < -0.4 is 0 Å². The fourth-order valence-corrected chi connectivity index (χ4v) is 3.17. The summed E-state index contributed by atoms with van der Waals surface area (Å²) in [6.45, 7) is 1.44. The fourth-order valence-electron chi connectivity index (χ4n) is 3.17. The molecule has 1 aromatic heterocycles. The van der Waals surface area contributed by atoms with E-state index in [4.69, 9.17) is 0 Å². The molecule has 158 valence electrons. The van der Waals surface area contributed by atoms with Crippen LogP contribution in [-0.2, 0) is 12.1 Å². The number of hydrogen-bond acceptors (Lipinski definition) is 3. The second kappa shape index (κ2) is 8.74. The van der Waals surface area contributed by atoms with Crippen molar-refractivity contribution in [3.05, 3.63) is 89.3 Å². The number of allylic oxidation sites excluding steroid dienone is 1. The van der Waals surface area contributed by atoms with Gasteiger partial charge in [0, 0.05) is 17.2 Å². The lowest BCUT2D eigenvalue weighted by molar-refractivity contribution is -0.0379. The van der Waals surface area contributed by atoms with Crippen LogP contribution in [0.15, 0.2) is 49.1 Å². The van der Waals surface area contributed by atoms with Gasteiger partial charge in [0.05, 0.1) is 6.54 Å². The molecule has 30 heavy (non-hydrogen) atoms. The molecule has 0 aliphatic heterocycles. The van der Waals surface area contributed by atoms with Crippen LogP contribution in [0, 0.1) is 35.0 Å². The number of nitrogens with zero attached hydrogens (tertiary/aromatic N) is 3. The molecule has 0 bridgehead atoms. The van der Waals surface area contributed by atoms with E-state index in [9.17, 15) is 27.1 Å². The molecule has 0 spiro atoms. The van der Waals surface area contributed by atoms with Gasteiger partial charge in [0.2, 0.25) is 0 Å². The first-order valence-corrected chi connectivity index (χ1v) is 9.02. The van der Waals surface area contributed by atoms with Crippen LogP contribution in [0.5, 0.6) is 0 Å². The van der Waals surface area contributed by atoms with E-state index in [1.165, 1.54) is 29.5 Å². The molecule has 0 aliphatic carbocycles. The van der Waals surface area contributed by atoms with Crippen molar-refractivity contribution in [1.29, 1.82) is 0 Å². The Morgan fingerprint density at radius 1 is 1.07 bits per heavy atom. The Kier molecular flexibility index (Phi) is 6.31. The van der Waals surface area contributed by atoms with Crippen molar-refractivity contribution in [1.82, 2.24) is 14.8 Å². The van der Waals surface area contributed by atoms with Gasteiger partial charge in [0.25, 0.3) is 0 Å². The average Bonchev–Trinajstić information content (AvgIpc) is 3.20. The van der Waals surface area contributed by atoms with Crippen molar-refractivity contribution in [2.75, 3.05) is 0 Å². The van der Waals surface area contributed by atoms with E-state index >= 15 is 0 Å². The summed E-state index contributed by atoms with van der Waals surface area (Å²) < 4.78 is 69.3. The van der Waals surface area contributed by atoms with E-state index in [1.807, 2.05) is 0 Å². The highest BCUT2D eigenvalue weighted by Gasteiger charge is 2.38. The Balaban J connectivity index is 1.89. The molecular weight excluding hydrogens is 405 g/mol. The maximum atomic E-state index is 14.5. The number of aromatic nitrogens is 3. The summed E-state index contributed by atoms with van der Waals surface area (Å²) in [5.74, 6) is -6.60. The summed E-state index contributed by atoms with van der Waals surface area (Å²) in [5, 5.41) is 15.3. The molecule has 0 radical (unpaired) electrons. The summed E-state index contributed by atoms with van der Waals surface area (Å²) in [4.78, 5) is 3.79. The molecule has 0 saturated carbocycles. The molecule has 3 rings (SSSR count). The maximum Gasteiger partial charge on any atom is 0.195 e. The molecule has 1 N–H and O–H groups in total. The van der Waals surface area contributed by atoms with Gasteiger partial charge in [-0.3, -0.25) is 0 Å². The molecule has 1 heterocycles. The maximum absolute atomic E-state index is 14.5. The topological polar surface area (TPSA) is 50.9 Å². The molecule has 4 nitrogen and oxygen atoms in total. The van der Waals surface area contributed by atoms with Gasteiger partial charge in [-0.15, -0.1) is 0 Å². The molecule has 3 aromatic rings. The Morgan fingerprint density at radius 2 is 1.83 bits per heavy atom. The normalized spacial score (nSPS) is 14.8. The van der Waals surface area contributed by atoms with E-state index in [2.05, 4.69) is 10.1 Å². The van der Waals surface area contributed by atoms with Gasteiger partial charge in [-0.05, 0) is 30.5 Å². The molecule has 0 aliphatic rings. The lowest BCUT2D eigenvalue weighted by Crippen LogP contribution is -2.39. The summed E-state index contributed by atoms with van der Waals surface area (Å²) >= 11 is 0. The first-order chi connectivity index (χ1) is 14.2. The van der Waals surface area contributed by atoms with Gasteiger partial charge in [-0.25, -0.2) is 31.6 Å². The van der Waals surface area contributed by atoms with Crippen LogP contribution in [0.3, 0.4) is 0 Å². The highest BCUT2D eigenvalue weighted by Crippen LogP contribution is 2.36. The Bertz CT molecular complexity index is 1060. The van der Waals surface area contributed by atoms with Crippen molar-refractivity contribution in [3.8, 4) is 0 Å². The van der Waals surface area contributed by atoms with E-state index in [1.54, 1.807) is 6.92 Å². The first kappa shape index (κ1) is 21.6. The minimum Gasteiger partial charge on any atom is -0.383 e. The largest absolute Gasteiger partial charge is 0.383 e. The standard InChI is InChI=1S/C21H18F5N3O/c1-13(3-2-4-14-5-8-17(23)20(26)19(14)25)21(30,10-29-12-27-11-28-29)16-7-6-15(22)9-18(16)24/h2,4-9,11-13,30H,3,10H2,1H3/b4-2+/t13-,21+/m0/s1. The third-order valence-corrected chi connectivity index (χ3v) is 4.93. The summed E-state index contributed by atoms with van der Waals surface area (Å²) in [6.07, 6.45) is 5.39. The highest BCUT2D eigenvalue weighted by atomic mass is 19.2. The van der Waals surface area contributed by atoms with E-state index in [0.29, 0.717) is 6.07 Å². The quantitative estimate of drug-likeness (QED) is 0.446. The minimum absolute atomic E-state index is 0.112. The SMILES string of the molecule is C[C@@H](C/C=C/c1ccc(F)c(F)c1F)[C@](O)(Cn1cncn1)c1ccc(F)cc1F. The Hall–Kier alpha value is -3.07. The van der Waals surface area contributed by atoms with Crippen molar-refractivity contribution in [3.63, 3.8) is 0 Å². The molecule has 2 atom stereocenters. The summed E-state index contributed by atoms with van der Waals surface area (Å²) in [7, 11) is 0. The molecular formula is C21H18F5N3O. The predicted octanol–water partition coefficient (Wildman–Crippen LogP) is 4.60. The van der Waals surface area contributed by atoms with Crippen molar-refractivity contribution < 1.29 is 27.1 Å². The van der Waals surface area contributed by atoms with Crippen LogP contribution in [0.4, 0.5) is 22.0 Å². The van der Waals surface area contributed by atoms with Gasteiger partial charge in [0.1, 0.15) is 29.9 Å². The Morgan fingerprint density at radius 3 is 2.50 bits per heavy atom. The zero-order chi connectivity index (χ0) is 21.9. The van der Waals surface area contributed by atoms with Crippen LogP contribution in [0.2, 0.25) is 0 Å². The minimum atomic E-state index is -1.82. The average molecular weight is 423 g/mol. The third-order valence-electron chi connectivity index (χ3n) is 4.93. The van der Waals surface area contributed by atoms with Gasteiger partial charge < -0.3 is 5.11 Å². The lowest BCUT2D eigenvalue weighted by atomic mass is 9.80. The lowest BCUT2D eigenvalue weighted by Gasteiger charge is -2.34. The molecule has 0 unspecified atom stereocenters. The van der Waals surface area contributed by atoms with E-state index in [-0.39, 0.29) is 24.1 Å². The fraction of sp³-hybridized carbons (Fsp3) is 0.238. The van der Waals surface area contributed by atoms with Crippen molar-refractivity contribution in [2.45, 2.75) is 25.5 Å². The monoisotopic (exact) mass is 423 g/mol. The summed E-state index contributed by atoms with van der Waals surface area (Å²) in [6, 6.07) is 4.73. The number of aliphatic hydroxyl groups is 1. The van der Waals surface area contributed by atoms with Crippen LogP contribution in [0.1, 0.15) is 24.5 Å². The third kappa shape index (κ3) is 4.40. The predicted molar refractivity (Wildman–Crippen MR) is 99.4 cm³/mol. The van der Waals surface area contributed by atoms with E-state index < -0.39 is 40.6 Å². The van der Waals surface area contributed by atoms with E-state index in [0.717, 1.165) is 24.3 Å².